The first-order valence-electron chi connectivity index (χ1n) is 8.58. The summed E-state index contributed by atoms with van der Waals surface area (Å²) < 4.78 is 5.26. The van der Waals surface area contributed by atoms with E-state index in [0.717, 1.165) is 0 Å². The third-order valence-corrected chi connectivity index (χ3v) is 5.26. The summed E-state index contributed by atoms with van der Waals surface area (Å²) in [4.78, 5) is 25.1. The molecule has 2 aromatic rings. The van der Waals surface area contributed by atoms with Crippen LogP contribution in [0.1, 0.15) is 51.3 Å². The van der Waals surface area contributed by atoms with Gasteiger partial charge in [-0.05, 0) is 18.4 Å². The molecule has 154 valence electrons. The minimum absolute atomic E-state index is 0.0983. The lowest BCUT2D eigenvalue weighted by Crippen LogP contribution is -2.11. The van der Waals surface area contributed by atoms with Crippen LogP contribution in [-0.2, 0) is 0 Å². The Morgan fingerprint density at radius 2 is 1.62 bits per heavy atom. The number of allylic oxidation sites excluding steroid dienone is 1. The summed E-state index contributed by atoms with van der Waals surface area (Å²) in [5.74, 6) is -2.60. The molecular formula is C21H20Cl2O6. The highest BCUT2D eigenvalue weighted by atomic mass is 35.5. The zero-order valence-corrected chi connectivity index (χ0v) is 17.7. The molecule has 2 aromatic carbocycles. The maximum absolute atomic E-state index is 13.4. The maximum atomic E-state index is 13.4. The van der Waals surface area contributed by atoms with Crippen molar-refractivity contribution in [3.8, 4) is 23.0 Å². The summed E-state index contributed by atoms with van der Waals surface area (Å²) in [6, 6.07) is 1.20. The maximum Gasteiger partial charge on any atom is 0.202 e. The van der Waals surface area contributed by atoms with Crippen LogP contribution in [-0.4, -0.2) is 34.5 Å². The van der Waals surface area contributed by atoms with E-state index in [1.807, 2.05) is 13.8 Å². The van der Waals surface area contributed by atoms with Crippen molar-refractivity contribution in [1.29, 1.82) is 0 Å². The molecule has 0 aliphatic heterocycles. The van der Waals surface area contributed by atoms with Gasteiger partial charge in [0.1, 0.15) is 28.6 Å². The molecule has 0 fully saturated rings. The van der Waals surface area contributed by atoms with Crippen LogP contribution in [0.5, 0.6) is 23.0 Å². The Morgan fingerprint density at radius 3 is 2.07 bits per heavy atom. The minimum Gasteiger partial charge on any atom is -0.507 e. The molecule has 0 bridgehead atoms. The summed E-state index contributed by atoms with van der Waals surface area (Å²) in [7, 11) is 1.34. The van der Waals surface area contributed by atoms with Crippen LogP contribution < -0.4 is 4.74 Å². The van der Waals surface area contributed by atoms with Crippen molar-refractivity contribution in [2.45, 2.75) is 20.8 Å². The van der Waals surface area contributed by atoms with Gasteiger partial charge in [0.2, 0.25) is 5.78 Å². The molecule has 2 rings (SSSR count). The van der Waals surface area contributed by atoms with Crippen LogP contribution in [0.4, 0.5) is 0 Å². The number of rotatable bonds is 6. The normalized spacial score (nSPS) is 11.3. The summed E-state index contributed by atoms with van der Waals surface area (Å²) in [6.45, 7) is 5.27. The van der Waals surface area contributed by atoms with Gasteiger partial charge in [0, 0.05) is 17.2 Å². The van der Waals surface area contributed by atoms with Gasteiger partial charge in [-0.1, -0.05) is 49.2 Å². The molecule has 0 spiro atoms. The van der Waals surface area contributed by atoms with Crippen molar-refractivity contribution in [3.05, 3.63) is 50.0 Å². The van der Waals surface area contributed by atoms with Gasteiger partial charge in [-0.3, -0.25) is 9.59 Å². The first kappa shape index (κ1) is 22.6. The number of hydrogen-bond acceptors (Lipinski definition) is 6. The Morgan fingerprint density at radius 1 is 1.07 bits per heavy atom. The highest BCUT2D eigenvalue weighted by molar-refractivity contribution is 6.39. The third-order valence-electron chi connectivity index (χ3n) is 4.34. The SMILES string of the molecule is COc1cc(O)c(C=O)c(C(=O)c2c(O)c(Cl)c(C)c(Cl)c2O)c1/C=C/C(C)C. The molecule has 0 heterocycles. The number of carbonyl (C=O) groups is 2. The fourth-order valence-corrected chi connectivity index (χ4v) is 3.21. The highest BCUT2D eigenvalue weighted by Crippen LogP contribution is 2.45. The quantitative estimate of drug-likeness (QED) is 0.425. The topological polar surface area (TPSA) is 104 Å². The first-order valence-corrected chi connectivity index (χ1v) is 9.33. The molecule has 0 unspecified atom stereocenters. The van der Waals surface area contributed by atoms with E-state index < -0.39 is 28.6 Å². The number of hydrogen-bond donors (Lipinski definition) is 3. The Kier molecular flexibility index (Phi) is 6.82. The number of methoxy groups -OCH3 is 1. The number of ketones is 1. The fourth-order valence-electron chi connectivity index (χ4n) is 2.79. The second-order valence-corrected chi connectivity index (χ2v) is 7.43. The predicted molar refractivity (Wildman–Crippen MR) is 112 cm³/mol. The molecular weight excluding hydrogens is 419 g/mol. The Labute approximate surface area is 178 Å². The molecule has 0 saturated carbocycles. The fraction of sp³-hybridized carbons (Fsp3) is 0.238. The van der Waals surface area contributed by atoms with E-state index in [1.54, 1.807) is 12.2 Å². The lowest BCUT2D eigenvalue weighted by molar-refractivity contribution is 0.102. The second-order valence-electron chi connectivity index (χ2n) is 6.68. The number of halogens is 2. The zero-order chi connectivity index (χ0) is 22.0. The molecule has 0 aliphatic rings. The van der Waals surface area contributed by atoms with Crippen LogP contribution in [0, 0.1) is 12.8 Å². The number of carbonyl (C=O) groups excluding carboxylic acids is 2. The van der Waals surface area contributed by atoms with Gasteiger partial charge in [0.25, 0.3) is 0 Å². The van der Waals surface area contributed by atoms with Gasteiger partial charge in [0.15, 0.2) is 6.29 Å². The van der Waals surface area contributed by atoms with E-state index >= 15 is 0 Å². The van der Waals surface area contributed by atoms with E-state index in [1.165, 1.54) is 20.1 Å². The smallest absolute Gasteiger partial charge is 0.202 e. The molecule has 0 aliphatic carbocycles. The van der Waals surface area contributed by atoms with Crippen molar-refractivity contribution in [2.75, 3.05) is 7.11 Å². The van der Waals surface area contributed by atoms with Gasteiger partial charge >= 0.3 is 0 Å². The zero-order valence-electron chi connectivity index (χ0n) is 16.2. The van der Waals surface area contributed by atoms with Crippen LogP contribution in [0.3, 0.4) is 0 Å². The molecule has 29 heavy (non-hydrogen) atoms. The highest BCUT2D eigenvalue weighted by Gasteiger charge is 2.30. The third kappa shape index (κ3) is 4.04. The second kappa shape index (κ2) is 8.76. The molecule has 3 N–H and O–H groups in total. The van der Waals surface area contributed by atoms with E-state index in [2.05, 4.69) is 0 Å². The lowest BCUT2D eigenvalue weighted by Gasteiger charge is -2.17. The number of aldehydes is 1. The molecule has 0 amide bonds. The number of benzene rings is 2. The Bertz CT molecular complexity index is 996. The van der Waals surface area contributed by atoms with E-state index in [9.17, 15) is 24.9 Å². The first-order chi connectivity index (χ1) is 13.6. The van der Waals surface area contributed by atoms with Gasteiger partial charge in [-0.25, -0.2) is 0 Å². The van der Waals surface area contributed by atoms with Crippen molar-refractivity contribution < 1.29 is 29.6 Å². The van der Waals surface area contributed by atoms with Crippen molar-refractivity contribution in [3.63, 3.8) is 0 Å². The number of phenols is 3. The molecule has 0 aromatic heterocycles. The van der Waals surface area contributed by atoms with Crippen molar-refractivity contribution >= 4 is 41.3 Å². The lowest BCUT2D eigenvalue weighted by atomic mass is 9.90. The standard InChI is InChI=1S/C21H20Cl2O6/c1-9(2)5-6-11-14(29-4)7-13(25)12(8-24)15(11)19(26)16-20(27)17(22)10(3)18(23)21(16)28/h5-9,25,27-28H,1-4H3/b6-5+. The van der Waals surface area contributed by atoms with Gasteiger partial charge in [-0.15, -0.1) is 0 Å². The van der Waals surface area contributed by atoms with Crippen LogP contribution >= 0.6 is 23.2 Å². The summed E-state index contributed by atoms with van der Waals surface area (Å²) >= 11 is 12.1. The average Bonchev–Trinajstić information content (AvgIpc) is 2.68. The molecule has 8 heteroatoms. The van der Waals surface area contributed by atoms with Crippen molar-refractivity contribution in [1.82, 2.24) is 0 Å². The van der Waals surface area contributed by atoms with E-state index in [0.29, 0.717) is 6.29 Å². The van der Waals surface area contributed by atoms with E-state index in [4.69, 9.17) is 27.9 Å². The van der Waals surface area contributed by atoms with Crippen molar-refractivity contribution in [2.24, 2.45) is 5.92 Å². The number of phenolic OH excluding ortho intramolecular Hbond substituents is 3. The molecule has 0 atom stereocenters. The molecule has 6 nitrogen and oxygen atoms in total. The van der Waals surface area contributed by atoms with Crippen LogP contribution in [0.25, 0.3) is 6.08 Å². The van der Waals surface area contributed by atoms with Crippen LogP contribution in [0.2, 0.25) is 10.0 Å². The summed E-state index contributed by atoms with van der Waals surface area (Å²) in [5, 5.41) is 30.6. The predicted octanol–water partition coefficient (Wildman–Crippen LogP) is 5.14. The Balaban J connectivity index is 2.96. The summed E-state index contributed by atoms with van der Waals surface area (Å²) in [5.41, 5.74) is -0.802. The molecule has 0 saturated heterocycles. The average molecular weight is 439 g/mol. The Hall–Kier alpha value is -2.70. The van der Waals surface area contributed by atoms with Gasteiger partial charge in [-0.2, -0.15) is 0 Å². The minimum atomic E-state index is -0.955. The van der Waals surface area contributed by atoms with Gasteiger partial charge < -0.3 is 20.1 Å². The number of ether oxygens (including phenoxy) is 1. The summed E-state index contributed by atoms with van der Waals surface area (Å²) in [6.07, 6.45) is 3.63. The van der Waals surface area contributed by atoms with E-state index in [-0.39, 0.29) is 44.0 Å². The van der Waals surface area contributed by atoms with Crippen LogP contribution in [0.15, 0.2) is 12.1 Å². The number of aromatic hydroxyl groups is 3. The van der Waals surface area contributed by atoms with Gasteiger partial charge in [0.05, 0.1) is 22.7 Å². The molecule has 0 radical (unpaired) electrons. The largest absolute Gasteiger partial charge is 0.507 e. The monoisotopic (exact) mass is 438 g/mol.